The standard InChI is InChI=1S/C16H26N2O2.ClH/c1-11(2)13-7-6-12(3)8-14(13)20-9-15(19)18-10-16(4,5)17;/h6-8,11H,9-10,17H2,1-5H3,(H,18,19);1H. The van der Waals surface area contributed by atoms with Crippen LogP contribution in [0.5, 0.6) is 5.75 Å². The Morgan fingerprint density at radius 1 is 1.38 bits per heavy atom. The molecule has 0 atom stereocenters. The number of nitrogens with two attached hydrogens (primary N) is 1. The first kappa shape index (κ1) is 19.7. The third-order valence-corrected chi connectivity index (χ3v) is 2.89. The van der Waals surface area contributed by atoms with Crippen LogP contribution in [0.4, 0.5) is 0 Å². The summed E-state index contributed by atoms with van der Waals surface area (Å²) < 4.78 is 5.65. The fraction of sp³-hybridized carbons (Fsp3) is 0.562. The predicted octanol–water partition coefficient (Wildman–Crippen LogP) is 2.77. The molecule has 0 aliphatic carbocycles. The lowest BCUT2D eigenvalue weighted by Crippen LogP contribution is -2.46. The molecule has 0 aromatic heterocycles. The fourth-order valence-electron chi connectivity index (χ4n) is 1.76. The molecule has 0 aliphatic heterocycles. The molecule has 0 saturated heterocycles. The molecule has 0 saturated carbocycles. The number of halogens is 1. The third-order valence-electron chi connectivity index (χ3n) is 2.89. The minimum absolute atomic E-state index is 0. The molecule has 5 heteroatoms. The topological polar surface area (TPSA) is 64.3 Å². The van der Waals surface area contributed by atoms with E-state index in [9.17, 15) is 4.79 Å². The van der Waals surface area contributed by atoms with E-state index in [4.69, 9.17) is 10.5 Å². The summed E-state index contributed by atoms with van der Waals surface area (Å²) >= 11 is 0. The zero-order chi connectivity index (χ0) is 15.3. The molecule has 0 bridgehead atoms. The van der Waals surface area contributed by atoms with Crippen molar-refractivity contribution in [1.82, 2.24) is 5.32 Å². The lowest BCUT2D eigenvalue weighted by atomic mass is 10.0. The molecule has 0 heterocycles. The van der Waals surface area contributed by atoms with Crippen LogP contribution in [0.1, 0.15) is 44.7 Å². The molecule has 21 heavy (non-hydrogen) atoms. The van der Waals surface area contributed by atoms with Gasteiger partial charge in [0.15, 0.2) is 6.61 Å². The van der Waals surface area contributed by atoms with E-state index in [1.165, 1.54) is 0 Å². The van der Waals surface area contributed by atoms with Crippen LogP contribution < -0.4 is 15.8 Å². The highest BCUT2D eigenvalue weighted by molar-refractivity contribution is 5.85. The molecule has 4 nitrogen and oxygen atoms in total. The molecule has 0 radical (unpaired) electrons. The number of ether oxygens (including phenoxy) is 1. The molecule has 0 spiro atoms. The van der Waals surface area contributed by atoms with Gasteiger partial charge in [-0.25, -0.2) is 0 Å². The van der Waals surface area contributed by atoms with Crippen molar-refractivity contribution in [2.75, 3.05) is 13.2 Å². The lowest BCUT2D eigenvalue weighted by Gasteiger charge is -2.19. The number of carbonyl (C=O) groups excluding carboxylic acids is 1. The van der Waals surface area contributed by atoms with Crippen LogP contribution in [0.2, 0.25) is 0 Å². The second-order valence-corrected chi connectivity index (χ2v) is 6.25. The molecule has 0 fully saturated rings. The maximum absolute atomic E-state index is 11.7. The first-order valence-electron chi connectivity index (χ1n) is 6.98. The van der Waals surface area contributed by atoms with E-state index in [1.54, 1.807) is 0 Å². The molecule has 0 unspecified atom stereocenters. The number of aryl methyl sites for hydroxylation is 1. The van der Waals surface area contributed by atoms with Crippen LogP contribution in [0, 0.1) is 6.92 Å². The number of amides is 1. The number of hydrogen-bond donors (Lipinski definition) is 2. The Bertz CT molecular complexity index is 468. The highest BCUT2D eigenvalue weighted by Crippen LogP contribution is 2.27. The van der Waals surface area contributed by atoms with Crippen molar-refractivity contribution < 1.29 is 9.53 Å². The van der Waals surface area contributed by atoms with Gasteiger partial charge in [0.1, 0.15) is 5.75 Å². The van der Waals surface area contributed by atoms with Gasteiger partial charge in [0.05, 0.1) is 0 Å². The second-order valence-electron chi connectivity index (χ2n) is 6.25. The molecule has 120 valence electrons. The van der Waals surface area contributed by atoms with Crippen molar-refractivity contribution in [2.45, 2.75) is 46.1 Å². The Balaban J connectivity index is 0.00000400. The Labute approximate surface area is 133 Å². The quantitative estimate of drug-likeness (QED) is 0.848. The summed E-state index contributed by atoms with van der Waals surface area (Å²) in [5, 5.41) is 2.77. The van der Waals surface area contributed by atoms with E-state index in [0.717, 1.165) is 16.9 Å². The van der Waals surface area contributed by atoms with Gasteiger partial charge < -0.3 is 15.8 Å². The van der Waals surface area contributed by atoms with Gasteiger partial charge in [-0.15, -0.1) is 12.4 Å². The SMILES string of the molecule is Cc1ccc(C(C)C)c(OCC(=O)NCC(C)(C)N)c1.Cl. The Hall–Kier alpha value is -1.26. The number of benzene rings is 1. The van der Waals surface area contributed by atoms with Crippen LogP contribution >= 0.6 is 12.4 Å². The van der Waals surface area contributed by atoms with Crippen molar-refractivity contribution in [3.05, 3.63) is 29.3 Å². The van der Waals surface area contributed by atoms with Crippen molar-refractivity contribution in [2.24, 2.45) is 5.73 Å². The Morgan fingerprint density at radius 2 is 2.00 bits per heavy atom. The first-order valence-corrected chi connectivity index (χ1v) is 6.98. The number of hydrogen-bond acceptors (Lipinski definition) is 3. The monoisotopic (exact) mass is 314 g/mol. The summed E-state index contributed by atoms with van der Waals surface area (Å²) in [5.74, 6) is 0.985. The predicted molar refractivity (Wildman–Crippen MR) is 89.3 cm³/mol. The van der Waals surface area contributed by atoms with Crippen LogP contribution in [-0.2, 0) is 4.79 Å². The van der Waals surface area contributed by atoms with Gasteiger partial charge in [0.2, 0.25) is 0 Å². The molecule has 1 rings (SSSR count). The van der Waals surface area contributed by atoms with E-state index in [-0.39, 0.29) is 24.9 Å². The van der Waals surface area contributed by atoms with Gasteiger partial charge in [0.25, 0.3) is 5.91 Å². The molecule has 1 aromatic carbocycles. The van der Waals surface area contributed by atoms with Gasteiger partial charge in [0, 0.05) is 12.1 Å². The van der Waals surface area contributed by atoms with Crippen molar-refractivity contribution >= 4 is 18.3 Å². The van der Waals surface area contributed by atoms with E-state index in [0.29, 0.717) is 12.5 Å². The summed E-state index contributed by atoms with van der Waals surface area (Å²) in [6.07, 6.45) is 0. The number of carbonyl (C=O) groups is 1. The fourth-order valence-corrected chi connectivity index (χ4v) is 1.76. The molecule has 1 aromatic rings. The van der Waals surface area contributed by atoms with Crippen molar-refractivity contribution in [1.29, 1.82) is 0 Å². The summed E-state index contributed by atoms with van der Waals surface area (Å²) in [5.41, 5.74) is 7.64. The number of nitrogens with one attached hydrogen (secondary N) is 1. The molecular weight excluding hydrogens is 288 g/mol. The zero-order valence-corrected chi connectivity index (χ0v) is 14.3. The van der Waals surface area contributed by atoms with Crippen LogP contribution in [0.15, 0.2) is 18.2 Å². The Morgan fingerprint density at radius 3 is 2.52 bits per heavy atom. The van der Waals surface area contributed by atoms with E-state index < -0.39 is 5.54 Å². The van der Waals surface area contributed by atoms with Gasteiger partial charge >= 0.3 is 0 Å². The normalized spacial score (nSPS) is 11.0. The van der Waals surface area contributed by atoms with E-state index in [1.807, 2.05) is 26.8 Å². The van der Waals surface area contributed by atoms with Gasteiger partial charge in [-0.3, -0.25) is 4.79 Å². The number of rotatable bonds is 6. The van der Waals surface area contributed by atoms with Gasteiger partial charge in [-0.2, -0.15) is 0 Å². The molecule has 1 amide bonds. The maximum Gasteiger partial charge on any atom is 0.258 e. The Kier molecular flexibility index (Phi) is 7.75. The smallest absolute Gasteiger partial charge is 0.258 e. The summed E-state index contributed by atoms with van der Waals surface area (Å²) in [6.45, 7) is 10.4. The van der Waals surface area contributed by atoms with Crippen molar-refractivity contribution in [3.8, 4) is 5.75 Å². The molecule has 0 aliphatic rings. The average molecular weight is 315 g/mol. The van der Waals surface area contributed by atoms with Crippen LogP contribution in [-0.4, -0.2) is 24.6 Å². The first-order chi connectivity index (χ1) is 9.19. The van der Waals surface area contributed by atoms with Crippen LogP contribution in [0.25, 0.3) is 0 Å². The highest BCUT2D eigenvalue weighted by Gasteiger charge is 2.14. The molecule has 3 N–H and O–H groups in total. The van der Waals surface area contributed by atoms with Crippen LogP contribution in [0.3, 0.4) is 0 Å². The maximum atomic E-state index is 11.7. The summed E-state index contributed by atoms with van der Waals surface area (Å²) in [6, 6.07) is 6.07. The van der Waals surface area contributed by atoms with E-state index >= 15 is 0 Å². The summed E-state index contributed by atoms with van der Waals surface area (Å²) in [7, 11) is 0. The molecular formula is C16H27ClN2O2. The van der Waals surface area contributed by atoms with E-state index in [2.05, 4.69) is 31.3 Å². The third kappa shape index (κ3) is 7.34. The summed E-state index contributed by atoms with van der Waals surface area (Å²) in [4.78, 5) is 11.7. The largest absolute Gasteiger partial charge is 0.483 e. The minimum atomic E-state index is -0.415. The van der Waals surface area contributed by atoms with Crippen molar-refractivity contribution in [3.63, 3.8) is 0 Å². The van der Waals surface area contributed by atoms with Gasteiger partial charge in [-0.1, -0.05) is 26.0 Å². The zero-order valence-electron chi connectivity index (χ0n) is 13.5. The average Bonchev–Trinajstić information content (AvgIpc) is 2.32. The second kappa shape index (κ2) is 8.25. The van der Waals surface area contributed by atoms with Gasteiger partial charge in [-0.05, 0) is 43.9 Å². The minimum Gasteiger partial charge on any atom is -0.483 e. The lowest BCUT2D eigenvalue weighted by molar-refractivity contribution is -0.123. The highest BCUT2D eigenvalue weighted by atomic mass is 35.5.